The van der Waals surface area contributed by atoms with Gasteiger partial charge in [-0.1, -0.05) is 6.92 Å². The largest absolute Gasteiger partial charge is 0.262 e. The normalized spacial score (nSPS) is 28.6. The van der Waals surface area contributed by atoms with Crippen LogP contribution in [0.15, 0.2) is 24.0 Å². The fraction of sp³-hybridized carbons (Fsp3) is 0.571. The SMILES string of the molecule is CCCC(C)[N+]1=CC2(C)NC=[N+](C)C=C2C=C1. The third-order valence-electron chi connectivity index (χ3n) is 3.56. The van der Waals surface area contributed by atoms with E-state index < -0.39 is 0 Å². The molecular weight excluding hydrogens is 210 g/mol. The summed E-state index contributed by atoms with van der Waals surface area (Å²) in [7, 11) is 2.04. The van der Waals surface area contributed by atoms with Gasteiger partial charge >= 0.3 is 0 Å². The maximum Gasteiger partial charge on any atom is 0.237 e. The van der Waals surface area contributed by atoms with Crippen LogP contribution >= 0.6 is 0 Å². The number of nitrogens with zero attached hydrogens (tertiary/aromatic N) is 2. The zero-order valence-corrected chi connectivity index (χ0v) is 11.3. The van der Waals surface area contributed by atoms with Crippen LogP contribution in [0.4, 0.5) is 0 Å². The Hall–Kier alpha value is -1.38. The molecule has 0 saturated heterocycles. The summed E-state index contributed by atoms with van der Waals surface area (Å²) >= 11 is 0. The lowest BCUT2D eigenvalue weighted by atomic mass is 9.90. The maximum absolute atomic E-state index is 3.46. The average molecular weight is 233 g/mol. The predicted octanol–water partition coefficient (Wildman–Crippen LogP) is 1.70. The quantitative estimate of drug-likeness (QED) is 0.735. The molecule has 92 valence electrons. The van der Waals surface area contributed by atoms with Gasteiger partial charge in [-0.2, -0.15) is 0 Å². The van der Waals surface area contributed by atoms with Gasteiger partial charge in [-0.15, -0.1) is 0 Å². The van der Waals surface area contributed by atoms with E-state index in [0.717, 1.165) is 0 Å². The Morgan fingerprint density at radius 1 is 1.47 bits per heavy atom. The van der Waals surface area contributed by atoms with Crippen molar-refractivity contribution in [2.45, 2.75) is 45.2 Å². The molecule has 3 heteroatoms. The van der Waals surface area contributed by atoms with Crippen LogP contribution in [0.25, 0.3) is 0 Å². The van der Waals surface area contributed by atoms with E-state index in [2.05, 4.69) is 59.9 Å². The molecule has 2 heterocycles. The van der Waals surface area contributed by atoms with Gasteiger partial charge in [-0.05, 0) is 20.3 Å². The zero-order valence-electron chi connectivity index (χ0n) is 11.3. The Labute approximate surface area is 104 Å². The van der Waals surface area contributed by atoms with E-state index in [0.29, 0.717) is 6.04 Å². The van der Waals surface area contributed by atoms with Crippen molar-refractivity contribution in [2.24, 2.45) is 0 Å². The molecule has 2 atom stereocenters. The third kappa shape index (κ3) is 2.33. The summed E-state index contributed by atoms with van der Waals surface area (Å²) in [5, 5.41) is 3.46. The first kappa shape index (κ1) is 12.1. The fourth-order valence-electron chi connectivity index (χ4n) is 2.39. The molecule has 0 aromatic rings. The first-order valence-electron chi connectivity index (χ1n) is 6.42. The highest BCUT2D eigenvalue weighted by molar-refractivity contribution is 5.78. The topological polar surface area (TPSA) is 18.0 Å². The smallest absolute Gasteiger partial charge is 0.237 e. The molecule has 0 aromatic heterocycles. The number of nitrogens with one attached hydrogen (secondary N) is 1. The summed E-state index contributed by atoms with van der Waals surface area (Å²) in [6, 6.07) is 0.566. The molecule has 2 aliphatic heterocycles. The summed E-state index contributed by atoms with van der Waals surface area (Å²) in [4.78, 5) is 0. The van der Waals surface area contributed by atoms with Gasteiger partial charge in [0.15, 0.2) is 18.5 Å². The molecule has 1 N–H and O–H groups in total. The Balaban J connectivity index is 2.25. The van der Waals surface area contributed by atoms with Gasteiger partial charge in [0, 0.05) is 12.5 Å². The minimum absolute atomic E-state index is 0.0662. The number of hydrogen-bond donors (Lipinski definition) is 1. The van der Waals surface area contributed by atoms with Crippen LogP contribution in [0.1, 0.15) is 33.6 Å². The van der Waals surface area contributed by atoms with E-state index in [1.165, 1.54) is 18.4 Å². The summed E-state index contributed by atoms with van der Waals surface area (Å²) in [6.07, 6.45) is 13.3. The van der Waals surface area contributed by atoms with Crippen LogP contribution in [0, 0.1) is 0 Å². The fourth-order valence-corrected chi connectivity index (χ4v) is 2.39. The maximum atomic E-state index is 3.46. The zero-order chi connectivity index (χ0) is 12.5. The third-order valence-corrected chi connectivity index (χ3v) is 3.56. The van der Waals surface area contributed by atoms with Gasteiger partial charge in [0.25, 0.3) is 0 Å². The van der Waals surface area contributed by atoms with E-state index in [1.807, 2.05) is 13.4 Å². The van der Waals surface area contributed by atoms with E-state index in [1.54, 1.807) is 0 Å². The Bertz CT molecular complexity index is 429. The highest BCUT2D eigenvalue weighted by Crippen LogP contribution is 2.22. The first-order chi connectivity index (χ1) is 8.05. The minimum atomic E-state index is -0.0662. The molecule has 2 aliphatic rings. The summed E-state index contributed by atoms with van der Waals surface area (Å²) < 4.78 is 4.38. The molecule has 3 nitrogen and oxygen atoms in total. The number of rotatable bonds is 3. The first-order valence-corrected chi connectivity index (χ1v) is 6.42. The molecule has 2 rings (SSSR count). The highest BCUT2D eigenvalue weighted by Gasteiger charge is 2.40. The summed E-state index contributed by atoms with van der Waals surface area (Å²) in [5.41, 5.74) is 1.24. The molecule has 2 unspecified atom stereocenters. The van der Waals surface area contributed by atoms with Crippen LogP contribution < -0.4 is 5.32 Å². The van der Waals surface area contributed by atoms with E-state index in [-0.39, 0.29) is 5.54 Å². The van der Waals surface area contributed by atoms with Crippen molar-refractivity contribution in [1.82, 2.24) is 5.32 Å². The summed E-state index contributed by atoms with van der Waals surface area (Å²) in [5.74, 6) is 0. The average Bonchev–Trinajstić information content (AvgIpc) is 2.29. The Morgan fingerprint density at radius 2 is 2.24 bits per heavy atom. The second kappa shape index (κ2) is 4.47. The van der Waals surface area contributed by atoms with Crippen molar-refractivity contribution in [2.75, 3.05) is 7.05 Å². The molecule has 0 fully saturated rings. The lowest BCUT2D eigenvalue weighted by Gasteiger charge is -2.26. The van der Waals surface area contributed by atoms with Gasteiger partial charge in [0.05, 0.1) is 18.8 Å². The molecule has 0 amide bonds. The molecule has 0 aromatic carbocycles. The molecule has 0 saturated carbocycles. The van der Waals surface area contributed by atoms with Crippen LogP contribution in [-0.4, -0.2) is 40.3 Å². The van der Waals surface area contributed by atoms with E-state index >= 15 is 0 Å². The van der Waals surface area contributed by atoms with Gasteiger partial charge < -0.3 is 0 Å². The van der Waals surface area contributed by atoms with Gasteiger partial charge in [0.1, 0.15) is 0 Å². The van der Waals surface area contributed by atoms with Crippen molar-refractivity contribution in [3.8, 4) is 0 Å². The standard InChI is InChI=1S/C14H22N3/c1-5-6-12(2)17-8-7-13-9-16(4)11-15-14(13,3)10-17/h7-12H,5-6H2,1-4H3/q+1/p+1. The van der Waals surface area contributed by atoms with Crippen LogP contribution in [0.2, 0.25) is 0 Å². The molecule has 0 spiro atoms. The van der Waals surface area contributed by atoms with Gasteiger partial charge in [-0.25, -0.2) is 9.15 Å². The second-order valence-electron chi connectivity index (χ2n) is 5.26. The van der Waals surface area contributed by atoms with Crippen LogP contribution in [0.3, 0.4) is 0 Å². The minimum Gasteiger partial charge on any atom is -0.262 e. The monoisotopic (exact) mass is 233 g/mol. The molecule has 0 bridgehead atoms. The van der Waals surface area contributed by atoms with E-state index in [4.69, 9.17) is 0 Å². The van der Waals surface area contributed by atoms with E-state index in [9.17, 15) is 0 Å². The Morgan fingerprint density at radius 3 is 2.94 bits per heavy atom. The molecule has 17 heavy (non-hydrogen) atoms. The second-order valence-corrected chi connectivity index (χ2v) is 5.26. The number of fused-ring (bicyclic) bond motifs is 1. The highest BCUT2D eigenvalue weighted by atomic mass is 15.1. The van der Waals surface area contributed by atoms with Crippen molar-refractivity contribution < 1.29 is 9.15 Å². The predicted molar refractivity (Wildman–Crippen MR) is 71.7 cm³/mol. The molecular formula is C14H23N3+2. The molecule has 0 aliphatic carbocycles. The lowest BCUT2D eigenvalue weighted by molar-refractivity contribution is -0.496. The van der Waals surface area contributed by atoms with Gasteiger partial charge in [0.2, 0.25) is 11.9 Å². The van der Waals surface area contributed by atoms with Crippen LogP contribution in [-0.2, 0) is 0 Å². The van der Waals surface area contributed by atoms with Gasteiger partial charge in [-0.3, -0.25) is 5.32 Å². The number of hydrogen-bond acceptors (Lipinski definition) is 1. The van der Waals surface area contributed by atoms with Crippen molar-refractivity contribution in [1.29, 1.82) is 0 Å². The van der Waals surface area contributed by atoms with Crippen molar-refractivity contribution in [3.63, 3.8) is 0 Å². The van der Waals surface area contributed by atoms with Crippen molar-refractivity contribution in [3.05, 3.63) is 24.0 Å². The lowest BCUT2D eigenvalue weighted by Crippen LogP contribution is -2.52. The molecule has 0 radical (unpaired) electrons. The van der Waals surface area contributed by atoms with Crippen molar-refractivity contribution >= 4 is 12.6 Å². The summed E-state index contributed by atoms with van der Waals surface area (Å²) in [6.45, 7) is 6.73. The van der Waals surface area contributed by atoms with Crippen LogP contribution in [0.5, 0.6) is 0 Å². The Kier molecular flexibility index (Phi) is 3.18.